The maximum atomic E-state index is 12.9. The standard InChI is InChI=1S/C19H17ClF3N5/c1-11-2-4-12(5-3-11)9-25-17-16(24)18(27-10-26-17)28-15-8-13(19(21,22)23)6-7-14(15)20/h2-8,10H,9,24H2,1H3,(H2,25,26,27,28). The molecule has 2 aromatic carbocycles. The van der Waals surface area contributed by atoms with Crippen molar-refractivity contribution in [1.29, 1.82) is 0 Å². The Bertz CT molecular complexity index is 974. The fourth-order valence-corrected chi connectivity index (χ4v) is 2.62. The fraction of sp³-hybridized carbons (Fsp3) is 0.158. The molecule has 0 aliphatic heterocycles. The lowest BCUT2D eigenvalue weighted by atomic mass is 10.1. The van der Waals surface area contributed by atoms with Gasteiger partial charge in [-0.2, -0.15) is 13.2 Å². The predicted octanol–water partition coefficient (Wildman–Crippen LogP) is 5.40. The van der Waals surface area contributed by atoms with E-state index < -0.39 is 11.7 Å². The van der Waals surface area contributed by atoms with E-state index in [1.807, 2.05) is 31.2 Å². The number of nitrogen functional groups attached to an aromatic ring is 1. The van der Waals surface area contributed by atoms with Crippen LogP contribution in [0.1, 0.15) is 16.7 Å². The van der Waals surface area contributed by atoms with E-state index in [9.17, 15) is 13.2 Å². The number of rotatable bonds is 5. The molecule has 0 atom stereocenters. The van der Waals surface area contributed by atoms with Crippen LogP contribution in [0.2, 0.25) is 5.02 Å². The van der Waals surface area contributed by atoms with Crippen LogP contribution in [0, 0.1) is 6.92 Å². The molecule has 0 saturated heterocycles. The molecule has 1 aromatic heterocycles. The summed E-state index contributed by atoms with van der Waals surface area (Å²) in [5.41, 5.74) is 7.64. The number of anilines is 4. The Balaban J connectivity index is 1.80. The summed E-state index contributed by atoms with van der Waals surface area (Å²) >= 11 is 6.01. The first kappa shape index (κ1) is 19.8. The van der Waals surface area contributed by atoms with Crippen LogP contribution < -0.4 is 16.4 Å². The minimum atomic E-state index is -4.49. The van der Waals surface area contributed by atoms with E-state index in [0.717, 1.165) is 23.3 Å². The van der Waals surface area contributed by atoms with Crippen molar-refractivity contribution >= 4 is 34.6 Å². The van der Waals surface area contributed by atoms with Crippen molar-refractivity contribution in [2.45, 2.75) is 19.6 Å². The molecular weight excluding hydrogens is 391 g/mol. The van der Waals surface area contributed by atoms with Crippen LogP contribution in [0.5, 0.6) is 0 Å². The van der Waals surface area contributed by atoms with E-state index in [-0.39, 0.29) is 22.2 Å². The normalized spacial score (nSPS) is 11.3. The molecule has 0 amide bonds. The molecule has 0 bridgehead atoms. The molecule has 1 heterocycles. The third-order valence-electron chi connectivity index (χ3n) is 4.01. The number of nitrogens with one attached hydrogen (secondary N) is 2. The molecule has 146 valence electrons. The molecule has 0 saturated carbocycles. The first-order valence-corrected chi connectivity index (χ1v) is 8.65. The zero-order chi connectivity index (χ0) is 20.3. The number of halogens is 4. The molecule has 0 aliphatic carbocycles. The van der Waals surface area contributed by atoms with Gasteiger partial charge in [0.25, 0.3) is 0 Å². The topological polar surface area (TPSA) is 75.9 Å². The maximum Gasteiger partial charge on any atom is 0.416 e. The van der Waals surface area contributed by atoms with Gasteiger partial charge in [-0.1, -0.05) is 41.4 Å². The van der Waals surface area contributed by atoms with Crippen LogP contribution in [-0.2, 0) is 12.7 Å². The second kappa shape index (κ2) is 7.93. The third-order valence-corrected chi connectivity index (χ3v) is 4.34. The molecular formula is C19H17ClF3N5. The van der Waals surface area contributed by atoms with Gasteiger partial charge < -0.3 is 16.4 Å². The number of aryl methyl sites for hydroxylation is 1. The highest BCUT2D eigenvalue weighted by Gasteiger charge is 2.31. The van der Waals surface area contributed by atoms with E-state index in [4.69, 9.17) is 17.3 Å². The highest BCUT2D eigenvalue weighted by molar-refractivity contribution is 6.33. The second-order valence-corrected chi connectivity index (χ2v) is 6.55. The number of nitrogens with two attached hydrogens (primary N) is 1. The number of alkyl halides is 3. The summed E-state index contributed by atoms with van der Waals surface area (Å²) < 4.78 is 38.8. The Morgan fingerprint density at radius 3 is 2.39 bits per heavy atom. The van der Waals surface area contributed by atoms with Crippen LogP contribution >= 0.6 is 11.6 Å². The van der Waals surface area contributed by atoms with Crippen LogP contribution in [0.25, 0.3) is 0 Å². The molecule has 0 radical (unpaired) electrons. The van der Waals surface area contributed by atoms with Crippen LogP contribution in [0.3, 0.4) is 0 Å². The van der Waals surface area contributed by atoms with Crippen molar-refractivity contribution in [2.24, 2.45) is 0 Å². The molecule has 5 nitrogen and oxygen atoms in total. The second-order valence-electron chi connectivity index (χ2n) is 6.14. The summed E-state index contributed by atoms with van der Waals surface area (Å²) in [4.78, 5) is 8.10. The number of hydrogen-bond donors (Lipinski definition) is 3. The van der Waals surface area contributed by atoms with Crippen molar-refractivity contribution in [1.82, 2.24) is 9.97 Å². The molecule has 0 fully saturated rings. The number of benzene rings is 2. The SMILES string of the molecule is Cc1ccc(CNc2ncnc(Nc3cc(C(F)(F)F)ccc3Cl)c2N)cc1. The minimum absolute atomic E-state index is 0.0476. The summed E-state index contributed by atoms with van der Waals surface area (Å²) in [5, 5.41) is 5.96. The Morgan fingerprint density at radius 1 is 1.04 bits per heavy atom. The van der Waals surface area contributed by atoms with E-state index in [2.05, 4.69) is 20.6 Å². The van der Waals surface area contributed by atoms with Crippen LogP contribution in [-0.4, -0.2) is 9.97 Å². The zero-order valence-electron chi connectivity index (χ0n) is 14.8. The smallest absolute Gasteiger partial charge is 0.393 e. The van der Waals surface area contributed by atoms with Gasteiger partial charge in [-0.05, 0) is 30.7 Å². The minimum Gasteiger partial charge on any atom is -0.393 e. The van der Waals surface area contributed by atoms with Gasteiger partial charge in [0.2, 0.25) is 0 Å². The van der Waals surface area contributed by atoms with E-state index in [0.29, 0.717) is 12.4 Å². The fourth-order valence-electron chi connectivity index (χ4n) is 2.45. The third kappa shape index (κ3) is 4.64. The quantitative estimate of drug-likeness (QED) is 0.528. The summed E-state index contributed by atoms with van der Waals surface area (Å²) in [6.07, 6.45) is -3.23. The lowest BCUT2D eigenvalue weighted by molar-refractivity contribution is -0.137. The molecule has 9 heteroatoms. The average molecular weight is 408 g/mol. The molecule has 3 rings (SSSR count). The summed E-state index contributed by atoms with van der Waals surface area (Å²) in [6.45, 7) is 2.47. The van der Waals surface area contributed by atoms with Crippen LogP contribution in [0.4, 0.5) is 36.2 Å². The Kier molecular flexibility index (Phi) is 5.60. The van der Waals surface area contributed by atoms with E-state index >= 15 is 0 Å². The molecule has 0 aliphatic rings. The lowest BCUT2D eigenvalue weighted by Gasteiger charge is -2.15. The Hall–Kier alpha value is -3.00. The molecule has 0 unspecified atom stereocenters. The highest BCUT2D eigenvalue weighted by atomic mass is 35.5. The van der Waals surface area contributed by atoms with E-state index in [1.54, 1.807) is 0 Å². The van der Waals surface area contributed by atoms with Crippen molar-refractivity contribution < 1.29 is 13.2 Å². The Morgan fingerprint density at radius 2 is 1.71 bits per heavy atom. The molecule has 0 spiro atoms. The highest BCUT2D eigenvalue weighted by Crippen LogP contribution is 2.36. The monoisotopic (exact) mass is 407 g/mol. The predicted molar refractivity (Wildman–Crippen MR) is 105 cm³/mol. The van der Waals surface area contributed by atoms with Gasteiger partial charge in [0.05, 0.1) is 16.3 Å². The van der Waals surface area contributed by atoms with Crippen molar-refractivity contribution in [3.05, 3.63) is 70.5 Å². The van der Waals surface area contributed by atoms with Gasteiger partial charge in [-0.25, -0.2) is 9.97 Å². The molecule has 3 aromatic rings. The summed E-state index contributed by atoms with van der Waals surface area (Å²) in [5.74, 6) is 0.517. The van der Waals surface area contributed by atoms with Gasteiger partial charge in [0, 0.05) is 6.54 Å². The van der Waals surface area contributed by atoms with Crippen molar-refractivity contribution in [3.8, 4) is 0 Å². The van der Waals surface area contributed by atoms with Crippen molar-refractivity contribution in [2.75, 3.05) is 16.4 Å². The van der Waals surface area contributed by atoms with Gasteiger partial charge >= 0.3 is 6.18 Å². The van der Waals surface area contributed by atoms with Crippen LogP contribution in [0.15, 0.2) is 48.8 Å². The van der Waals surface area contributed by atoms with Gasteiger partial charge in [0.1, 0.15) is 12.0 Å². The number of hydrogen-bond acceptors (Lipinski definition) is 5. The Labute approximate surface area is 164 Å². The molecule has 28 heavy (non-hydrogen) atoms. The largest absolute Gasteiger partial charge is 0.416 e. The first-order valence-electron chi connectivity index (χ1n) is 8.27. The van der Waals surface area contributed by atoms with Crippen molar-refractivity contribution in [3.63, 3.8) is 0 Å². The molecule has 4 N–H and O–H groups in total. The zero-order valence-corrected chi connectivity index (χ0v) is 15.6. The number of nitrogens with zero attached hydrogens (tertiary/aromatic N) is 2. The van der Waals surface area contributed by atoms with Gasteiger partial charge in [-0.3, -0.25) is 0 Å². The van der Waals surface area contributed by atoms with Gasteiger partial charge in [0.15, 0.2) is 11.6 Å². The lowest BCUT2D eigenvalue weighted by Crippen LogP contribution is -2.09. The van der Waals surface area contributed by atoms with Gasteiger partial charge in [-0.15, -0.1) is 0 Å². The summed E-state index contributed by atoms with van der Waals surface area (Å²) in [6, 6.07) is 10.9. The summed E-state index contributed by atoms with van der Waals surface area (Å²) in [7, 11) is 0. The average Bonchev–Trinajstić information content (AvgIpc) is 2.64. The van der Waals surface area contributed by atoms with E-state index in [1.165, 1.54) is 12.4 Å². The maximum absolute atomic E-state index is 12.9. The number of aromatic nitrogens is 2. The first-order chi connectivity index (χ1) is 13.2.